The second-order valence-electron chi connectivity index (χ2n) is 6.44. The maximum Gasteiger partial charge on any atom is 0.144 e. The lowest BCUT2D eigenvalue weighted by atomic mass is 9.80. The van der Waals surface area contributed by atoms with Gasteiger partial charge in [-0.2, -0.15) is 0 Å². The lowest BCUT2D eigenvalue weighted by molar-refractivity contribution is 0.302. The SMILES string of the molecule is CCCC1CCC(c2nc(=S)c(Br)c(C3CC3)[nH]2)CC1. The average molecular weight is 355 g/mol. The number of nitrogens with zero attached hydrogens (tertiary/aromatic N) is 1. The van der Waals surface area contributed by atoms with Gasteiger partial charge >= 0.3 is 0 Å². The first-order valence-corrected chi connectivity index (χ1v) is 9.18. The van der Waals surface area contributed by atoms with Crippen molar-refractivity contribution in [3.63, 3.8) is 0 Å². The summed E-state index contributed by atoms with van der Waals surface area (Å²) in [6.45, 7) is 2.29. The number of nitrogens with one attached hydrogen (secondary N) is 1. The summed E-state index contributed by atoms with van der Waals surface area (Å²) in [5.41, 5.74) is 1.30. The van der Waals surface area contributed by atoms with E-state index in [1.807, 2.05) is 0 Å². The van der Waals surface area contributed by atoms with Gasteiger partial charge in [0, 0.05) is 17.5 Å². The molecule has 0 aliphatic heterocycles. The maximum atomic E-state index is 5.43. The molecule has 3 rings (SSSR count). The monoisotopic (exact) mass is 354 g/mol. The molecule has 0 unspecified atom stereocenters. The topological polar surface area (TPSA) is 28.7 Å². The zero-order valence-electron chi connectivity index (χ0n) is 12.1. The van der Waals surface area contributed by atoms with Crippen LogP contribution in [0.1, 0.15) is 81.6 Å². The van der Waals surface area contributed by atoms with Crippen LogP contribution >= 0.6 is 28.1 Å². The Morgan fingerprint density at radius 2 is 1.80 bits per heavy atom. The van der Waals surface area contributed by atoms with Crippen LogP contribution in [0.4, 0.5) is 0 Å². The van der Waals surface area contributed by atoms with E-state index in [9.17, 15) is 0 Å². The minimum absolute atomic E-state index is 0.593. The van der Waals surface area contributed by atoms with Crippen LogP contribution in [-0.2, 0) is 0 Å². The fourth-order valence-corrected chi connectivity index (χ4v) is 4.19. The van der Waals surface area contributed by atoms with Crippen LogP contribution < -0.4 is 0 Å². The highest BCUT2D eigenvalue weighted by Crippen LogP contribution is 2.43. The molecular weight excluding hydrogens is 332 g/mol. The highest BCUT2D eigenvalue weighted by atomic mass is 79.9. The van der Waals surface area contributed by atoms with Gasteiger partial charge in [-0.05, 0) is 60.4 Å². The average Bonchev–Trinajstić information content (AvgIpc) is 3.27. The summed E-state index contributed by atoms with van der Waals surface area (Å²) in [6, 6.07) is 0. The molecule has 2 fully saturated rings. The first kappa shape index (κ1) is 14.7. The van der Waals surface area contributed by atoms with E-state index in [0.29, 0.717) is 11.8 Å². The van der Waals surface area contributed by atoms with Gasteiger partial charge in [-0.3, -0.25) is 0 Å². The Morgan fingerprint density at radius 1 is 1.15 bits per heavy atom. The first-order chi connectivity index (χ1) is 9.69. The summed E-state index contributed by atoms with van der Waals surface area (Å²) < 4.78 is 1.77. The van der Waals surface area contributed by atoms with Gasteiger partial charge in [-0.25, -0.2) is 4.98 Å². The van der Waals surface area contributed by atoms with Crippen molar-refractivity contribution in [2.75, 3.05) is 0 Å². The van der Waals surface area contributed by atoms with Crippen molar-refractivity contribution in [1.82, 2.24) is 9.97 Å². The van der Waals surface area contributed by atoms with Crippen molar-refractivity contribution in [3.8, 4) is 0 Å². The molecule has 0 radical (unpaired) electrons. The Kier molecular flexibility index (Phi) is 4.61. The van der Waals surface area contributed by atoms with Crippen molar-refractivity contribution in [2.45, 2.75) is 70.1 Å². The first-order valence-electron chi connectivity index (χ1n) is 7.98. The minimum Gasteiger partial charge on any atom is -0.346 e. The summed E-state index contributed by atoms with van der Waals surface area (Å²) in [6.07, 6.45) is 10.5. The number of rotatable bonds is 4. The smallest absolute Gasteiger partial charge is 0.144 e. The van der Waals surface area contributed by atoms with Gasteiger partial charge in [0.2, 0.25) is 0 Å². The molecule has 2 aliphatic carbocycles. The van der Waals surface area contributed by atoms with E-state index < -0.39 is 0 Å². The molecule has 0 saturated heterocycles. The van der Waals surface area contributed by atoms with E-state index in [-0.39, 0.29) is 0 Å². The largest absolute Gasteiger partial charge is 0.346 e. The van der Waals surface area contributed by atoms with Crippen molar-refractivity contribution >= 4 is 28.1 Å². The third-order valence-corrected chi connectivity index (χ3v) is 6.19. The standard InChI is InChI=1S/C16H23BrN2S/c1-2-3-10-4-6-12(7-5-10)15-18-14(11-8-9-11)13(17)16(20)19-15/h10-12H,2-9H2,1H3,(H,18,19,20). The summed E-state index contributed by atoms with van der Waals surface area (Å²) in [5.74, 6) is 3.37. The van der Waals surface area contributed by atoms with Gasteiger partial charge in [-0.15, -0.1) is 0 Å². The van der Waals surface area contributed by atoms with Crippen molar-refractivity contribution in [1.29, 1.82) is 0 Å². The number of halogens is 1. The predicted octanol–water partition coefficient (Wildman–Crippen LogP) is 5.85. The predicted molar refractivity (Wildman–Crippen MR) is 88.7 cm³/mol. The Morgan fingerprint density at radius 3 is 2.40 bits per heavy atom. The molecule has 20 heavy (non-hydrogen) atoms. The van der Waals surface area contributed by atoms with E-state index >= 15 is 0 Å². The van der Waals surface area contributed by atoms with E-state index in [0.717, 1.165) is 20.9 Å². The molecule has 0 aromatic carbocycles. The zero-order chi connectivity index (χ0) is 14.1. The molecule has 2 nitrogen and oxygen atoms in total. The van der Waals surface area contributed by atoms with Crippen molar-refractivity contribution < 1.29 is 0 Å². The van der Waals surface area contributed by atoms with Crippen LogP contribution in [0.3, 0.4) is 0 Å². The fourth-order valence-electron chi connectivity index (χ4n) is 3.47. The summed E-state index contributed by atoms with van der Waals surface area (Å²) in [4.78, 5) is 8.26. The van der Waals surface area contributed by atoms with Gasteiger partial charge in [0.1, 0.15) is 10.5 Å². The van der Waals surface area contributed by atoms with Gasteiger partial charge in [0.15, 0.2) is 0 Å². The molecule has 0 bridgehead atoms. The third-order valence-electron chi connectivity index (χ3n) is 4.82. The fraction of sp³-hybridized carbons (Fsp3) is 0.750. The minimum atomic E-state index is 0.593. The van der Waals surface area contributed by atoms with Crippen LogP contribution in [0.2, 0.25) is 0 Å². The van der Waals surface area contributed by atoms with Crippen LogP contribution in [0.5, 0.6) is 0 Å². The molecule has 2 saturated carbocycles. The summed E-state index contributed by atoms with van der Waals surface area (Å²) in [5, 5.41) is 0. The zero-order valence-corrected chi connectivity index (χ0v) is 14.5. The lowest BCUT2D eigenvalue weighted by Crippen LogP contribution is -2.16. The Hall–Kier alpha value is -0.220. The summed E-state index contributed by atoms with van der Waals surface area (Å²) >= 11 is 9.04. The highest BCUT2D eigenvalue weighted by Gasteiger charge is 2.29. The van der Waals surface area contributed by atoms with Crippen LogP contribution in [-0.4, -0.2) is 9.97 Å². The number of hydrogen-bond acceptors (Lipinski definition) is 2. The Bertz CT molecular complexity index is 528. The normalized spacial score (nSPS) is 26.7. The molecule has 4 heteroatoms. The second kappa shape index (κ2) is 6.27. The summed E-state index contributed by atoms with van der Waals surface area (Å²) in [7, 11) is 0. The number of aromatic nitrogens is 2. The maximum absolute atomic E-state index is 5.43. The van der Waals surface area contributed by atoms with E-state index in [4.69, 9.17) is 12.2 Å². The molecular formula is C16H23BrN2S. The molecule has 2 aliphatic rings. The molecule has 110 valence electrons. The highest BCUT2D eigenvalue weighted by molar-refractivity contribution is 9.10. The molecule has 0 atom stereocenters. The Labute approximate surface area is 134 Å². The van der Waals surface area contributed by atoms with Crippen molar-refractivity contribution in [3.05, 3.63) is 20.6 Å². The molecule has 0 amide bonds. The molecule has 1 heterocycles. The van der Waals surface area contributed by atoms with E-state index in [1.54, 1.807) is 0 Å². The number of hydrogen-bond donors (Lipinski definition) is 1. The van der Waals surface area contributed by atoms with Crippen molar-refractivity contribution in [2.24, 2.45) is 5.92 Å². The van der Waals surface area contributed by atoms with Gasteiger partial charge in [0.25, 0.3) is 0 Å². The number of aromatic amines is 1. The van der Waals surface area contributed by atoms with Crippen LogP contribution in [0, 0.1) is 10.6 Å². The second-order valence-corrected chi connectivity index (χ2v) is 7.62. The molecule has 0 spiro atoms. The van der Waals surface area contributed by atoms with E-state index in [1.165, 1.54) is 57.1 Å². The Balaban J connectivity index is 1.76. The molecule has 1 aromatic heterocycles. The van der Waals surface area contributed by atoms with Crippen LogP contribution in [0.15, 0.2) is 4.47 Å². The third kappa shape index (κ3) is 3.16. The van der Waals surface area contributed by atoms with Crippen LogP contribution in [0.25, 0.3) is 0 Å². The molecule has 1 aromatic rings. The molecule has 1 N–H and O–H groups in total. The van der Waals surface area contributed by atoms with Gasteiger partial charge in [0.05, 0.1) is 4.47 Å². The lowest BCUT2D eigenvalue weighted by Gasteiger charge is -2.28. The van der Waals surface area contributed by atoms with Gasteiger partial charge in [-0.1, -0.05) is 32.0 Å². The van der Waals surface area contributed by atoms with Gasteiger partial charge < -0.3 is 4.98 Å². The van der Waals surface area contributed by atoms with E-state index in [2.05, 4.69) is 32.8 Å². The quantitative estimate of drug-likeness (QED) is 0.686. The number of H-pyrrole nitrogens is 1.